The number of amides is 4. The molecule has 33 heavy (non-hydrogen) atoms. The molecule has 0 unspecified atom stereocenters. The van der Waals surface area contributed by atoms with Crippen molar-refractivity contribution >= 4 is 35.2 Å². The highest BCUT2D eigenvalue weighted by atomic mass is 35.5. The van der Waals surface area contributed by atoms with Crippen LogP contribution >= 0.6 is 11.6 Å². The highest BCUT2D eigenvalue weighted by Crippen LogP contribution is 2.41. The lowest BCUT2D eigenvalue weighted by Gasteiger charge is -2.42. The third-order valence-corrected chi connectivity index (χ3v) is 7.49. The number of morpholine rings is 1. The normalized spacial score (nSPS) is 22.1. The van der Waals surface area contributed by atoms with Gasteiger partial charge >= 0.3 is 6.03 Å². The summed E-state index contributed by atoms with van der Waals surface area (Å²) in [7, 11) is 0. The molecule has 0 spiro atoms. The molecule has 3 N–H and O–H groups in total. The monoisotopic (exact) mass is 484 g/mol. The Labute approximate surface area is 200 Å². The minimum Gasteiger partial charge on any atom is -0.378 e. The number of carbonyl (C=O) groups is 4. The second-order valence-corrected chi connectivity index (χ2v) is 10.3. The number of Topliss-reactive ketones (excluding diaryl/α,β-unsaturated/α-hetero) is 1. The Balaban J connectivity index is 1.69. The van der Waals surface area contributed by atoms with Gasteiger partial charge in [0.05, 0.1) is 13.2 Å². The lowest BCUT2D eigenvalue weighted by molar-refractivity contribution is -0.146. The van der Waals surface area contributed by atoms with Gasteiger partial charge in [-0.2, -0.15) is 0 Å². The molecule has 1 saturated heterocycles. The number of hydrogen-bond donors (Lipinski definition) is 3. The Morgan fingerprint density at radius 2 is 1.70 bits per heavy atom. The van der Waals surface area contributed by atoms with Crippen LogP contribution < -0.4 is 16.0 Å². The van der Waals surface area contributed by atoms with Crippen molar-refractivity contribution in [2.45, 2.75) is 76.3 Å². The summed E-state index contributed by atoms with van der Waals surface area (Å²) in [6.45, 7) is 4.35. The molecule has 186 valence electrons. The van der Waals surface area contributed by atoms with Gasteiger partial charge in [-0.1, -0.05) is 19.8 Å². The van der Waals surface area contributed by atoms with Gasteiger partial charge < -0.3 is 25.6 Å². The van der Waals surface area contributed by atoms with Gasteiger partial charge in [0.2, 0.25) is 11.7 Å². The van der Waals surface area contributed by atoms with Crippen molar-refractivity contribution in [1.82, 2.24) is 20.9 Å². The van der Waals surface area contributed by atoms with Crippen molar-refractivity contribution < 1.29 is 23.9 Å². The van der Waals surface area contributed by atoms with Crippen LogP contribution in [0, 0.1) is 5.41 Å². The van der Waals surface area contributed by atoms with E-state index in [4.69, 9.17) is 16.3 Å². The molecule has 9 nitrogen and oxygen atoms in total. The number of nitrogens with zero attached hydrogens (tertiary/aromatic N) is 1. The Morgan fingerprint density at radius 1 is 1.03 bits per heavy atom. The second kappa shape index (κ2) is 11.5. The lowest BCUT2D eigenvalue weighted by atomic mass is 9.72. The van der Waals surface area contributed by atoms with E-state index < -0.39 is 29.2 Å². The van der Waals surface area contributed by atoms with Gasteiger partial charge in [0.25, 0.3) is 5.91 Å². The average Bonchev–Trinajstić information content (AvgIpc) is 3.21. The van der Waals surface area contributed by atoms with Gasteiger partial charge in [-0.25, -0.2) is 4.79 Å². The van der Waals surface area contributed by atoms with Crippen LogP contribution in [0.1, 0.15) is 64.7 Å². The molecule has 4 amide bonds. The number of alkyl halides is 1. The highest BCUT2D eigenvalue weighted by molar-refractivity contribution is 6.40. The predicted molar refractivity (Wildman–Crippen MR) is 124 cm³/mol. The zero-order valence-corrected chi connectivity index (χ0v) is 20.3. The van der Waals surface area contributed by atoms with Crippen LogP contribution in [-0.4, -0.2) is 78.8 Å². The van der Waals surface area contributed by atoms with Gasteiger partial charge in [0.15, 0.2) is 0 Å². The third-order valence-electron chi connectivity index (χ3n) is 7.23. The Bertz CT molecular complexity index is 730. The molecule has 1 aliphatic heterocycles. The van der Waals surface area contributed by atoms with Crippen molar-refractivity contribution in [3.63, 3.8) is 0 Å². The Kier molecular flexibility index (Phi) is 8.98. The van der Waals surface area contributed by atoms with E-state index in [1.165, 1.54) is 0 Å². The molecule has 0 bridgehead atoms. The SMILES string of the molecule is CC1(C[C@H](NC(=O)N2CCOCC2)C(=O)NC2(C(=O)C(=O)NCCCCl)CCC2)CCCC1. The maximum Gasteiger partial charge on any atom is 0.318 e. The van der Waals surface area contributed by atoms with E-state index in [2.05, 4.69) is 22.9 Å². The van der Waals surface area contributed by atoms with E-state index in [9.17, 15) is 19.2 Å². The number of ketones is 1. The molecule has 2 saturated carbocycles. The van der Waals surface area contributed by atoms with E-state index >= 15 is 0 Å². The Morgan fingerprint density at radius 3 is 2.27 bits per heavy atom. The maximum atomic E-state index is 13.4. The van der Waals surface area contributed by atoms with Crippen molar-refractivity contribution in [2.24, 2.45) is 5.41 Å². The molecule has 0 aromatic heterocycles. The van der Waals surface area contributed by atoms with Crippen LogP contribution in [0.2, 0.25) is 0 Å². The largest absolute Gasteiger partial charge is 0.378 e. The first-order chi connectivity index (χ1) is 15.8. The molecule has 10 heteroatoms. The second-order valence-electron chi connectivity index (χ2n) is 9.88. The van der Waals surface area contributed by atoms with E-state index in [1.54, 1.807) is 4.90 Å². The summed E-state index contributed by atoms with van der Waals surface area (Å²) in [5.74, 6) is -1.33. The van der Waals surface area contributed by atoms with Crippen LogP contribution in [0.15, 0.2) is 0 Å². The number of nitrogens with one attached hydrogen (secondary N) is 3. The minimum absolute atomic E-state index is 0.0456. The predicted octanol–water partition coefficient (Wildman–Crippen LogP) is 1.72. The van der Waals surface area contributed by atoms with E-state index in [0.29, 0.717) is 64.4 Å². The molecule has 0 aromatic rings. The quantitative estimate of drug-likeness (QED) is 0.248. The number of carbonyl (C=O) groups excluding carboxylic acids is 4. The van der Waals surface area contributed by atoms with Crippen molar-refractivity contribution in [2.75, 3.05) is 38.7 Å². The van der Waals surface area contributed by atoms with Gasteiger partial charge in [0.1, 0.15) is 11.6 Å². The summed E-state index contributed by atoms with van der Waals surface area (Å²) in [4.78, 5) is 53.2. The van der Waals surface area contributed by atoms with E-state index in [-0.39, 0.29) is 11.4 Å². The molecule has 0 aromatic carbocycles. The number of urea groups is 1. The summed E-state index contributed by atoms with van der Waals surface area (Å²) < 4.78 is 5.31. The first-order valence-corrected chi connectivity index (χ1v) is 12.7. The minimum atomic E-state index is -1.19. The van der Waals surface area contributed by atoms with Gasteiger partial charge in [-0.05, 0) is 50.4 Å². The first-order valence-electron chi connectivity index (χ1n) is 12.1. The maximum absolute atomic E-state index is 13.4. The molecule has 0 radical (unpaired) electrons. The molecule has 3 rings (SSSR count). The standard InChI is InChI=1S/C23H37ClN4O5/c1-22(6-2-3-7-22)16-17(26-21(32)28-12-14-33-15-13-28)19(30)27-23(8-4-9-23)18(29)20(31)25-11-5-10-24/h17H,2-16H2,1H3,(H,25,31)(H,26,32)(H,27,30)/t17-/m0/s1. The Hall–Kier alpha value is -1.87. The van der Waals surface area contributed by atoms with Gasteiger partial charge in [-0.15, -0.1) is 11.6 Å². The summed E-state index contributed by atoms with van der Waals surface area (Å²) in [5, 5.41) is 8.37. The highest BCUT2D eigenvalue weighted by Gasteiger charge is 2.49. The number of halogens is 1. The molecule has 2 aliphatic carbocycles. The topological polar surface area (TPSA) is 117 Å². The molecular formula is C23H37ClN4O5. The van der Waals surface area contributed by atoms with Crippen LogP contribution in [-0.2, 0) is 19.1 Å². The fraction of sp³-hybridized carbons (Fsp3) is 0.826. The van der Waals surface area contributed by atoms with E-state index in [1.807, 2.05) is 0 Å². The smallest absolute Gasteiger partial charge is 0.318 e. The average molecular weight is 485 g/mol. The number of rotatable bonds is 10. The van der Waals surface area contributed by atoms with Crippen molar-refractivity contribution in [1.29, 1.82) is 0 Å². The van der Waals surface area contributed by atoms with E-state index in [0.717, 1.165) is 32.1 Å². The van der Waals surface area contributed by atoms with Gasteiger partial charge in [0, 0.05) is 25.5 Å². The summed E-state index contributed by atoms with van der Waals surface area (Å²) in [5.41, 5.74) is -1.24. The van der Waals surface area contributed by atoms with Crippen LogP contribution in [0.25, 0.3) is 0 Å². The van der Waals surface area contributed by atoms with Gasteiger partial charge in [-0.3, -0.25) is 14.4 Å². The van der Waals surface area contributed by atoms with Crippen LogP contribution in [0.3, 0.4) is 0 Å². The number of ether oxygens (including phenoxy) is 1. The summed E-state index contributed by atoms with van der Waals surface area (Å²) in [6, 6.07) is -1.07. The van der Waals surface area contributed by atoms with Crippen molar-refractivity contribution in [3.8, 4) is 0 Å². The summed E-state index contributed by atoms with van der Waals surface area (Å²) >= 11 is 5.64. The zero-order valence-electron chi connectivity index (χ0n) is 19.6. The molecule has 1 atom stereocenters. The fourth-order valence-electron chi connectivity index (χ4n) is 4.97. The summed E-state index contributed by atoms with van der Waals surface area (Å²) in [6.07, 6.45) is 6.86. The van der Waals surface area contributed by atoms with Crippen molar-refractivity contribution in [3.05, 3.63) is 0 Å². The lowest BCUT2D eigenvalue weighted by Crippen LogP contribution is -2.66. The molecular weight excluding hydrogens is 448 g/mol. The molecule has 3 fully saturated rings. The first kappa shape index (κ1) is 25.7. The zero-order chi connectivity index (χ0) is 23.9. The molecule has 3 aliphatic rings. The third kappa shape index (κ3) is 6.59. The molecule has 1 heterocycles. The van der Waals surface area contributed by atoms with Crippen LogP contribution in [0.5, 0.6) is 0 Å². The van der Waals surface area contributed by atoms with Crippen LogP contribution in [0.4, 0.5) is 4.79 Å². The fourth-order valence-corrected chi connectivity index (χ4v) is 5.10. The number of hydrogen-bond acceptors (Lipinski definition) is 5.